The molecule has 0 bridgehead atoms. The SMILES string of the molecule is C.CC(=O)C(Cc1c[nH]c2ccccc12)NC(C)C.CC(=O)C(Cc1ccc(O)cc1)NC(C)C.CC(=O)CC(NC(C)C)C1=CCc2ccccc21.CC(=O)CC(NC(C)C)c1ccc(O)cc1. The van der Waals surface area contributed by atoms with E-state index in [-0.39, 0.29) is 72.3 Å². The van der Waals surface area contributed by atoms with Crippen LogP contribution >= 0.6 is 0 Å². The fourth-order valence-corrected chi connectivity index (χ4v) is 8.09. The van der Waals surface area contributed by atoms with E-state index in [1.54, 1.807) is 52.0 Å². The number of nitrogens with one attached hydrogen (secondary N) is 5. The number of phenolic OH excluding ortho intramolecular Hbond substituents is 2. The van der Waals surface area contributed by atoms with Gasteiger partial charge in [0, 0.05) is 66.2 Å². The number of aromatic nitrogens is 1. The molecule has 11 nitrogen and oxygen atoms in total. The summed E-state index contributed by atoms with van der Waals surface area (Å²) in [6, 6.07) is 31.8. The normalized spacial score (nSPS) is 13.4. The molecule has 0 spiro atoms. The third-order valence-electron chi connectivity index (χ3n) is 11.1. The van der Waals surface area contributed by atoms with Crippen LogP contribution in [0.3, 0.4) is 0 Å². The highest BCUT2D eigenvalue weighted by atomic mass is 16.3. The summed E-state index contributed by atoms with van der Waals surface area (Å²) in [5, 5.41) is 33.0. The molecule has 376 valence electrons. The molecule has 4 atom stereocenters. The molecule has 1 aliphatic rings. The third-order valence-corrected chi connectivity index (χ3v) is 11.1. The molecule has 0 radical (unpaired) electrons. The van der Waals surface area contributed by atoms with Crippen molar-refractivity contribution in [2.45, 2.75) is 171 Å². The van der Waals surface area contributed by atoms with Gasteiger partial charge in [0.1, 0.15) is 34.6 Å². The first-order valence-corrected chi connectivity index (χ1v) is 24.1. The molecule has 0 amide bonds. The number of hydrogen-bond acceptors (Lipinski definition) is 10. The summed E-state index contributed by atoms with van der Waals surface area (Å²) in [5.74, 6) is 1.22. The summed E-state index contributed by atoms with van der Waals surface area (Å²) in [4.78, 5) is 49.0. The molecule has 4 unspecified atom stereocenters. The second-order valence-corrected chi connectivity index (χ2v) is 19.1. The van der Waals surface area contributed by atoms with E-state index >= 15 is 0 Å². The van der Waals surface area contributed by atoms with Gasteiger partial charge in [-0.1, -0.05) is 136 Å². The van der Waals surface area contributed by atoms with Gasteiger partial charge in [0.2, 0.25) is 0 Å². The Labute approximate surface area is 413 Å². The smallest absolute Gasteiger partial charge is 0.147 e. The van der Waals surface area contributed by atoms with Gasteiger partial charge < -0.3 is 36.5 Å². The van der Waals surface area contributed by atoms with Crippen molar-refractivity contribution in [3.8, 4) is 11.5 Å². The highest BCUT2D eigenvalue weighted by Crippen LogP contribution is 2.31. The van der Waals surface area contributed by atoms with Crippen molar-refractivity contribution < 1.29 is 29.4 Å². The van der Waals surface area contributed by atoms with Crippen LogP contribution < -0.4 is 21.3 Å². The Kier molecular flexibility index (Phi) is 25.8. The number of para-hydroxylation sites is 1. The number of carbonyl (C=O) groups excluding carboxylic acids is 4. The Morgan fingerprint density at radius 1 is 0.565 bits per heavy atom. The number of ketones is 4. The number of hydrogen-bond donors (Lipinski definition) is 7. The van der Waals surface area contributed by atoms with Crippen LogP contribution in [0, 0.1) is 0 Å². The molecule has 0 fully saturated rings. The van der Waals surface area contributed by atoms with Crippen LogP contribution in [-0.2, 0) is 38.4 Å². The third kappa shape index (κ3) is 21.6. The molecule has 69 heavy (non-hydrogen) atoms. The van der Waals surface area contributed by atoms with E-state index in [4.69, 9.17) is 5.11 Å². The number of Topliss-reactive ketones (excluding diaryl/α,β-unsaturated/α-hetero) is 4. The minimum atomic E-state index is -0.149. The number of carbonyl (C=O) groups is 4. The predicted molar refractivity (Wildman–Crippen MR) is 286 cm³/mol. The number of phenols is 2. The van der Waals surface area contributed by atoms with E-state index in [1.807, 2.05) is 70.3 Å². The van der Waals surface area contributed by atoms with Crippen molar-refractivity contribution >= 4 is 39.6 Å². The maximum absolute atomic E-state index is 11.7. The minimum absolute atomic E-state index is 0. The number of benzene rings is 4. The summed E-state index contributed by atoms with van der Waals surface area (Å²) < 4.78 is 0. The number of rotatable bonds is 20. The van der Waals surface area contributed by atoms with Gasteiger partial charge in [-0.05, 0) is 111 Å². The average Bonchev–Trinajstić information content (AvgIpc) is 3.88. The highest BCUT2D eigenvalue weighted by Gasteiger charge is 2.24. The molecule has 6 rings (SSSR count). The lowest BCUT2D eigenvalue weighted by Crippen LogP contribution is -2.41. The number of aromatic hydroxyl groups is 2. The quantitative estimate of drug-likeness (QED) is 0.0398. The van der Waals surface area contributed by atoms with Gasteiger partial charge in [-0.3, -0.25) is 19.2 Å². The van der Waals surface area contributed by atoms with Crippen molar-refractivity contribution in [2.75, 3.05) is 0 Å². The molecule has 0 saturated carbocycles. The number of aromatic amines is 1. The van der Waals surface area contributed by atoms with Crippen LogP contribution in [0.5, 0.6) is 11.5 Å². The molecule has 5 aromatic rings. The summed E-state index contributed by atoms with van der Waals surface area (Å²) in [7, 11) is 0. The first-order chi connectivity index (χ1) is 32.1. The van der Waals surface area contributed by atoms with Crippen LogP contribution in [0.4, 0.5) is 0 Å². The lowest BCUT2D eigenvalue weighted by molar-refractivity contribution is -0.119. The van der Waals surface area contributed by atoms with Gasteiger partial charge in [0.15, 0.2) is 0 Å². The molecular formula is C58H83N5O6. The van der Waals surface area contributed by atoms with Crippen LogP contribution in [0.1, 0.15) is 137 Å². The zero-order valence-corrected chi connectivity index (χ0v) is 42.6. The Bertz CT molecular complexity index is 2360. The van der Waals surface area contributed by atoms with Gasteiger partial charge >= 0.3 is 0 Å². The van der Waals surface area contributed by atoms with Crippen LogP contribution in [-0.4, -0.2) is 80.6 Å². The van der Waals surface area contributed by atoms with Gasteiger partial charge in [-0.25, -0.2) is 0 Å². The van der Waals surface area contributed by atoms with Gasteiger partial charge in [-0.15, -0.1) is 0 Å². The van der Waals surface area contributed by atoms with Gasteiger partial charge in [0.25, 0.3) is 0 Å². The monoisotopic (exact) mass is 946 g/mol. The topological polar surface area (TPSA) is 173 Å². The molecule has 1 heterocycles. The first-order valence-electron chi connectivity index (χ1n) is 24.1. The standard InChI is InChI=1S/C16H21NO.C15H20N2O.2C13H19NO2.CH4/c1-11(2)17-16(10-12(3)18)15-9-8-13-6-4-5-7-14(13)15;1-10(2)17-15(11(3)18)8-12-9-16-14-7-5-4-6-13(12)14;1-9(2)14-13(10(3)15)8-11-4-6-12(16)7-5-11;1-9(2)14-13(8-10(3)15)11-4-6-12(16)7-5-11;/h4-7,9,11,16-17H,8,10H2,1-3H3;4-7,9-10,15-17H,8H2,1-3H3;2*4-7,9,13-14,16H,8H2,1-3H3;1H4. The molecule has 7 N–H and O–H groups in total. The fourth-order valence-electron chi connectivity index (χ4n) is 8.09. The number of H-pyrrole nitrogens is 1. The maximum atomic E-state index is 11.7. The summed E-state index contributed by atoms with van der Waals surface area (Å²) in [5.41, 5.74) is 8.35. The minimum Gasteiger partial charge on any atom is -0.508 e. The first kappa shape index (κ1) is 59.4. The molecule has 1 aliphatic carbocycles. The van der Waals surface area contributed by atoms with E-state index in [9.17, 15) is 24.3 Å². The fraction of sp³-hybridized carbons (Fsp3) is 0.448. The van der Waals surface area contributed by atoms with Crippen LogP contribution in [0.25, 0.3) is 16.5 Å². The van der Waals surface area contributed by atoms with E-state index in [0.29, 0.717) is 37.4 Å². The summed E-state index contributed by atoms with van der Waals surface area (Å²) in [6.45, 7) is 23.0. The Morgan fingerprint density at radius 2 is 1.03 bits per heavy atom. The van der Waals surface area contributed by atoms with Crippen molar-refractivity contribution in [3.63, 3.8) is 0 Å². The highest BCUT2D eigenvalue weighted by molar-refractivity contribution is 5.86. The molecule has 11 heteroatoms. The van der Waals surface area contributed by atoms with Crippen molar-refractivity contribution in [1.82, 2.24) is 26.3 Å². The van der Waals surface area contributed by atoms with Crippen molar-refractivity contribution in [2.24, 2.45) is 0 Å². The Hall–Kier alpha value is -5.72. The van der Waals surface area contributed by atoms with Gasteiger partial charge in [0.05, 0.1) is 12.1 Å². The lowest BCUT2D eigenvalue weighted by Gasteiger charge is -2.22. The Balaban J connectivity index is 0.000000315. The second kappa shape index (κ2) is 30.0. The van der Waals surface area contributed by atoms with E-state index < -0.39 is 0 Å². The Morgan fingerprint density at radius 3 is 1.55 bits per heavy atom. The lowest BCUT2D eigenvalue weighted by atomic mass is 9.95. The summed E-state index contributed by atoms with van der Waals surface area (Å²) in [6.07, 6.45) is 7.68. The zero-order chi connectivity index (χ0) is 50.5. The number of allylic oxidation sites excluding steroid dienone is 1. The van der Waals surface area contributed by atoms with Crippen LogP contribution in [0.15, 0.2) is 109 Å². The maximum Gasteiger partial charge on any atom is 0.147 e. The zero-order valence-electron chi connectivity index (χ0n) is 42.6. The van der Waals surface area contributed by atoms with E-state index in [0.717, 1.165) is 29.5 Å². The van der Waals surface area contributed by atoms with E-state index in [2.05, 4.69) is 96.4 Å². The largest absolute Gasteiger partial charge is 0.508 e. The second-order valence-electron chi connectivity index (χ2n) is 19.1. The molecule has 4 aromatic carbocycles. The van der Waals surface area contributed by atoms with Crippen LogP contribution in [0.2, 0.25) is 0 Å². The van der Waals surface area contributed by atoms with Crippen molar-refractivity contribution in [3.05, 3.63) is 137 Å². The van der Waals surface area contributed by atoms with Crippen molar-refractivity contribution in [1.29, 1.82) is 0 Å². The molecule has 1 aromatic heterocycles. The average molecular weight is 946 g/mol. The molecule has 0 saturated heterocycles. The molecule has 0 aliphatic heterocycles. The van der Waals surface area contributed by atoms with E-state index in [1.165, 1.54) is 27.6 Å². The number of fused-ring (bicyclic) bond motifs is 2. The van der Waals surface area contributed by atoms with Gasteiger partial charge in [-0.2, -0.15) is 0 Å². The summed E-state index contributed by atoms with van der Waals surface area (Å²) >= 11 is 0. The molecular weight excluding hydrogens is 863 g/mol. The predicted octanol–water partition coefficient (Wildman–Crippen LogP) is 10.6.